The fourth-order valence-electron chi connectivity index (χ4n) is 4.22. The third-order valence-electron chi connectivity index (χ3n) is 5.80. The van der Waals surface area contributed by atoms with Gasteiger partial charge >= 0.3 is 0 Å². The van der Waals surface area contributed by atoms with Crippen molar-refractivity contribution in [2.75, 3.05) is 0 Å². The Labute approximate surface area is 180 Å². The highest BCUT2D eigenvalue weighted by Crippen LogP contribution is 2.34. The standard InChI is InChI=1S/C26H24N2OS/c29-26-24-21-13-7-8-14-22(21)30-25(24)27-23(16-15-19-9-3-1-4-10-19)28(26)18-17-20-11-5-2-6-12-20/h1-6,9-12,15-16H,7-8,13-14,17-18H2/b16-15+. The lowest BCUT2D eigenvalue weighted by molar-refractivity contribution is 0.654. The first-order chi connectivity index (χ1) is 14.8. The Bertz CT molecular complexity index is 1250. The molecule has 0 saturated carbocycles. The zero-order valence-electron chi connectivity index (χ0n) is 16.9. The number of nitrogens with zero attached hydrogens (tertiary/aromatic N) is 2. The molecule has 150 valence electrons. The van der Waals surface area contributed by atoms with Gasteiger partial charge < -0.3 is 0 Å². The van der Waals surface area contributed by atoms with Crippen molar-refractivity contribution >= 4 is 33.7 Å². The highest BCUT2D eigenvalue weighted by atomic mass is 32.1. The second-order valence-electron chi connectivity index (χ2n) is 7.80. The monoisotopic (exact) mass is 412 g/mol. The number of fused-ring (bicyclic) bond motifs is 3. The van der Waals surface area contributed by atoms with Crippen LogP contribution < -0.4 is 5.56 Å². The maximum Gasteiger partial charge on any atom is 0.262 e. The van der Waals surface area contributed by atoms with Crippen molar-refractivity contribution in [1.82, 2.24) is 9.55 Å². The minimum Gasteiger partial charge on any atom is -0.292 e. The van der Waals surface area contributed by atoms with Crippen LogP contribution in [0.25, 0.3) is 22.4 Å². The van der Waals surface area contributed by atoms with E-state index < -0.39 is 0 Å². The van der Waals surface area contributed by atoms with Gasteiger partial charge in [0, 0.05) is 11.4 Å². The summed E-state index contributed by atoms with van der Waals surface area (Å²) in [6, 6.07) is 20.5. The van der Waals surface area contributed by atoms with Crippen LogP contribution in [0.2, 0.25) is 0 Å². The minimum absolute atomic E-state index is 0.114. The molecule has 3 nitrogen and oxygen atoms in total. The molecule has 0 amide bonds. The largest absolute Gasteiger partial charge is 0.292 e. The van der Waals surface area contributed by atoms with Gasteiger partial charge in [0.2, 0.25) is 0 Å². The molecule has 0 unspecified atom stereocenters. The van der Waals surface area contributed by atoms with Gasteiger partial charge in [0.05, 0.1) is 5.39 Å². The molecule has 30 heavy (non-hydrogen) atoms. The molecule has 0 bridgehead atoms. The van der Waals surface area contributed by atoms with Crippen molar-refractivity contribution in [2.24, 2.45) is 0 Å². The van der Waals surface area contributed by atoms with Gasteiger partial charge in [0.15, 0.2) is 0 Å². The Hall–Kier alpha value is -2.98. The molecule has 5 rings (SSSR count). The Morgan fingerprint density at radius 2 is 1.67 bits per heavy atom. The third-order valence-corrected chi connectivity index (χ3v) is 6.98. The third kappa shape index (κ3) is 3.75. The summed E-state index contributed by atoms with van der Waals surface area (Å²) in [5.74, 6) is 0.742. The number of aromatic nitrogens is 2. The summed E-state index contributed by atoms with van der Waals surface area (Å²) < 4.78 is 1.87. The van der Waals surface area contributed by atoms with E-state index in [1.165, 1.54) is 22.4 Å². The average molecular weight is 413 g/mol. The predicted octanol–water partition coefficient (Wildman–Crippen LogP) is 5.75. The number of aryl methyl sites for hydroxylation is 3. The molecule has 0 spiro atoms. The van der Waals surface area contributed by atoms with E-state index in [0.717, 1.165) is 47.3 Å². The molecule has 0 N–H and O–H groups in total. The lowest BCUT2D eigenvalue weighted by atomic mass is 9.97. The highest BCUT2D eigenvalue weighted by molar-refractivity contribution is 7.18. The minimum atomic E-state index is 0.114. The second-order valence-corrected chi connectivity index (χ2v) is 8.88. The lowest BCUT2D eigenvalue weighted by Crippen LogP contribution is -2.25. The SMILES string of the molecule is O=c1c2c3c(sc2nc(/C=C/c2ccccc2)n1CCc1ccccc1)CCCC3. The van der Waals surface area contributed by atoms with E-state index in [4.69, 9.17) is 4.98 Å². The van der Waals surface area contributed by atoms with E-state index in [9.17, 15) is 4.79 Å². The second kappa shape index (κ2) is 8.41. The van der Waals surface area contributed by atoms with Crippen LogP contribution in [-0.4, -0.2) is 9.55 Å². The molecule has 4 aromatic rings. The van der Waals surface area contributed by atoms with Gasteiger partial charge in [-0.15, -0.1) is 11.3 Å². The van der Waals surface area contributed by atoms with Crippen LogP contribution in [0.3, 0.4) is 0 Å². The van der Waals surface area contributed by atoms with Crippen molar-refractivity contribution in [2.45, 2.75) is 38.6 Å². The molecule has 0 saturated heterocycles. The molecule has 0 fully saturated rings. The number of rotatable bonds is 5. The smallest absolute Gasteiger partial charge is 0.262 e. The summed E-state index contributed by atoms with van der Waals surface area (Å²) in [6.07, 6.45) is 9.30. The van der Waals surface area contributed by atoms with Crippen LogP contribution in [0.15, 0.2) is 65.5 Å². The molecule has 0 atom stereocenters. The van der Waals surface area contributed by atoms with Crippen LogP contribution in [0.5, 0.6) is 0 Å². The normalized spacial score (nSPS) is 13.7. The van der Waals surface area contributed by atoms with Gasteiger partial charge in [-0.2, -0.15) is 0 Å². The van der Waals surface area contributed by atoms with Crippen molar-refractivity contribution < 1.29 is 0 Å². The fraction of sp³-hybridized carbons (Fsp3) is 0.231. The van der Waals surface area contributed by atoms with Crippen molar-refractivity contribution in [3.8, 4) is 0 Å². The van der Waals surface area contributed by atoms with E-state index >= 15 is 0 Å². The first kappa shape index (κ1) is 19.0. The first-order valence-electron chi connectivity index (χ1n) is 10.6. The number of benzene rings is 2. The van der Waals surface area contributed by atoms with Gasteiger partial charge in [-0.3, -0.25) is 9.36 Å². The molecule has 2 aromatic heterocycles. The van der Waals surface area contributed by atoms with Crippen LogP contribution >= 0.6 is 11.3 Å². The molecule has 2 aromatic carbocycles. The molecule has 1 aliphatic carbocycles. The highest BCUT2D eigenvalue weighted by Gasteiger charge is 2.21. The van der Waals surface area contributed by atoms with Crippen LogP contribution in [-0.2, 0) is 25.8 Å². The van der Waals surface area contributed by atoms with Gasteiger partial charge in [-0.1, -0.05) is 66.7 Å². The fourth-order valence-corrected chi connectivity index (χ4v) is 5.48. The summed E-state index contributed by atoms with van der Waals surface area (Å²) in [5, 5.41) is 0.861. The number of hydrogen-bond donors (Lipinski definition) is 0. The molecule has 0 aliphatic heterocycles. The van der Waals surface area contributed by atoms with Crippen molar-refractivity contribution in [3.63, 3.8) is 0 Å². The van der Waals surface area contributed by atoms with Crippen LogP contribution in [0, 0.1) is 0 Å². The Morgan fingerprint density at radius 3 is 2.47 bits per heavy atom. The molecular formula is C26H24N2OS. The average Bonchev–Trinajstić information content (AvgIpc) is 3.17. The molecule has 0 radical (unpaired) electrons. The number of thiophene rings is 1. The zero-order chi connectivity index (χ0) is 20.3. The van der Waals surface area contributed by atoms with Crippen molar-refractivity contribution in [3.05, 3.63) is 98.4 Å². The maximum absolute atomic E-state index is 13.6. The Kier molecular flexibility index (Phi) is 5.33. The van der Waals surface area contributed by atoms with E-state index in [2.05, 4.69) is 24.3 Å². The summed E-state index contributed by atoms with van der Waals surface area (Å²) in [6.45, 7) is 0.630. The quantitative estimate of drug-likeness (QED) is 0.418. The summed E-state index contributed by atoms with van der Waals surface area (Å²) in [4.78, 5) is 20.8. The van der Waals surface area contributed by atoms with E-state index in [-0.39, 0.29) is 5.56 Å². The van der Waals surface area contributed by atoms with Crippen LogP contribution in [0.4, 0.5) is 0 Å². The van der Waals surface area contributed by atoms with Crippen LogP contribution in [0.1, 0.15) is 40.2 Å². The van der Waals surface area contributed by atoms with Gasteiger partial charge in [0.1, 0.15) is 10.7 Å². The maximum atomic E-state index is 13.6. The van der Waals surface area contributed by atoms with E-state index in [1.807, 2.05) is 53.1 Å². The molecule has 2 heterocycles. The Balaban J connectivity index is 1.60. The Morgan fingerprint density at radius 1 is 0.933 bits per heavy atom. The topological polar surface area (TPSA) is 34.9 Å². The summed E-state index contributed by atoms with van der Waals surface area (Å²) >= 11 is 1.71. The van der Waals surface area contributed by atoms with Gasteiger partial charge in [0.25, 0.3) is 5.56 Å². The van der Waals surface area contributed by atoms with E-state index in [0.29, 0.717) is 6.54 Å². The predicted molar refractivity (Wildman–Crippen MR) is 126 cm³/mol. The van der Waals surface area contributed by atoms with E-state index in [1.54, 1.807) is 11.3 Å². The first-order valence-corrected chi connectivity index (χ1v) is 11.4. The molecule has 1 aliphatic rings. The zero-order valence-corrected chi connectivity index (χ0v) is 17.7. The van der Waals surface area contributed by atoms with Gasteiger partial charge in [-0.05, 0) is 54.9 Å². The van der Waals surface area contributed by atoms with Crippen molar-refractivity contribution in [1.29, 1.82) is 0 Å². The summed E-state index contributed by atoms with van der Waals surface area (Å²) in [7, 11) is 0. The number of hydrogen-bond acceptors (Lipinski definition) is 3. The van der Waals surface area contributed by atoms with Gasteiger partial charge in [-0.25, -0.2) is 4.98 Å². The molecular weight excluding hydrogens is 388 g/mol. The molecule has 4 heteroatoms. The lowest BCUT2D eigenvalue weighted by Gasteiger charge is -2.12. The summed E-state index contributed by atoms with van der Waals surface area (Å²) in [5.41, 5.74) is 3.70.